The van der Waals surface area contributed by atoms with Crippen molar-refractivity contribution in [1.82, 2.24) is 5.32 Å². The zero-order valence-corrected chi connectivity index (χ0v) is 13.9. The lowest BCUT2D eigenvalue weighted by Gasteiger charge is -2.16. The van der Waals surface area contributed by atoms with Gasteiger partial charge >= 0.3 is 0 Å². The molecule has 22 heavy (non-hydrogen) atoms. The number of carbonyl (C=O) groups excluding carboxylic acids is 1. The number of nitrogens with two attached hydrogens (primary N) is 1. The van der Waals surface area contributed by atoms with Crippen LogP contribution < -0.4 is 20.5 Å². The number of amides is 1. The van der Waals surface area contributed by atoms with Crippen LogP contribution in [0.5, 0.6) is 11.5 Å². The molecule has 5 nitrogen and oxygen atoms in total. The third kappa shape index (κ3) is 5.07. The molecule has 2 rings (SSSR count). The fourth-order valence-electron chi connectivity index (χ4n) is 2.47. The summed E-state index contributed by atoms with van der Waals surface area (Å²) in [5.41, 5.74) is 6.68. The number of ether oxygens (including phenoxy) is 2. The molecule has 0 saturated heterocycles. The van der Waals surface area contributed by atoms with Crippen LogP contribution >= 0.6 is 12.4 Å². The molecule has 1 fully saturated rings. The van der Waals surface area contributed by atoms with E-state index in [1.54, 1.807) is 14.2 Å². The van der Waals surface area contributed by atoms with Crippen LogP contribution in [-0.4, -0.2) is 32.7 Å². The van der Waals surface area contributed by atoms with Gasteiger partial charge in [0.15, 0.2) is 0 Å². The number of halogens is 1. The van der Waals surface area contributed by atoms with Crippen LogP contribution in [0.2, 0.25) is 0 Å². The average Bonchev–Trinajstić information content (AvgIpc) is 3.34. The monoisotopic (exact) mass is 328 g/mol. The quantitative estimate of drug-likeness (QED) is 0.764. The van der Waals surface area contributed by atoms with Crippen molar-refractivity contribution < 1.29 is 14.3 Å². The van der Waals surface area contributed by atoms with Gasteiger partial charge in [0.2, 0.25) is 5.91 Å². The van der Waals surface area contributed by atoms with Gasteiger partial charge in [-0.05, 0) is 48.9 Å². The number of carbonyl (C=O) groups is 1. The largest absolute Gasteiger partial charge is 0.497 e. The van der Waals surface area contributed by atoms with E-state index in [4.69, 9.17) is 15.2 Å². The van der Waals surface area contributed by atoms with Gasteiger partial charge < -0.3 is 20.5 Å². The Bertz CT molecular complexity index is 492. The van der Waals surface area contributed by atoms with E-state index < -0.39 is 0 Å². The summed E-state index contributed by atoms with van der Waals surface area (Å²) in [7, 11) is 3.25. The lowest BCUT2D eigenvalue weighted by atomic mass is 10.1. The van der Waals surface area contributed by atoms with E-state index in [9.17, 15) is 4.79 Å². The second kappa shape index (κ2) is 8.86. The Balaban J connectivity index is 0.00000242. The van der Waals surface area contributed by atoms with Gasteiger partial charge in [-0.1, -0.05) is 0 Å². The third-order valence-corrected chi connectivity index (χ3v) is 3.90. The molecule has 0 spiro atoms. The summed E-state index contributed by atoms with van der Waals surface area (Å²) in [5, 5.41) is 3.03. The summed E-state index contributed by atoms with van der Waals surface area (Å²) < 4.78 is 10.5. The van der Waals surface area contributed by atoms with Gasteiger partial charge in [0.05, 0.1) is 14.2 Å². The van der Waals surface area contributed by atoms with Gasteiger partial charge in [0.1, 0.15) is 11.5 Å². The van der Waals surface area contributed by atoms with Gasteiger partial charge in [-0.3, -0.25) is 4.79 Å². The molecule has 1 aliphatic rings. The number of nitrogens with one attached hydrogen (secondary N) is 1. The molecule has 0 heterocycles. The Morgan fingerprint density at radius 2 is 2.09 bits per heavy atom. The first-order chi connectivity index (χ1) is 10.2. The van der Waals surface area contributed by atoms with Crippen molar-refractivity contribution in [3.8, 4) is 11.5 Å². The van der Waals surface area contributed by atoms with E-state index in [0.29, 0.717) is 25.3 Å². The number of benzene rings is 1. The predicted molar refractivity (Wildman–Crippen MR) is 88.8 cm³/mol. The third-order valence-electron chi connectivity index (χ3n) is 3.90. The summed E-state index contributed by atoms with van der Waals surface area (Å²) in [6.45, 7) is 0.513. The zero-order valence-electron chi connectivity index (χ0n) is 13.1. The molecular formula is C16H25ClN2O3. The molecule has 3 N–H and O–H groups in total. The Kier molecular flexibility index (Phi) is 7.48. The molecule has 1 aliphatic carbocycles. The highest BCUT2D eigenvalue weighted by molar-refractivity contribution is 5.85. The van der Waals surface area contributed by atoms with Gasteiger partial charge in [-0.25, -0.2) is 0 Å². The first kappa shape index (κ1) is 18.6. The standard InChI is InChI=1S/C16H24N2O3.ClH/c1-20-13-6-7-15(21-2)12(9-13)5-8-16(19)18-14(10-17)11-3-4-11;/h6-7,9,11,14H,3-5,8,10,17H2,1-2H3,(H,18,19);1H. The summed E-state index contributed by atoms with van der Waals surface area (Å²) >= 11 is 0. The number of rotatable bonds is 8. The van der Waals surface area contributed by atoms with E-state index in [1.165, 1.54) is 12.8 Å². The second-order valence-electron chi connectivity index (χ2n) is 5.42. The lowest BCUT2D eigenvalue weighted by Crippen LogP contribution is -2.41. The van der Waals surface area contributed by atoms with Crippen molar-refractivity contribution in [3.63, 3.8) is 0 Å². The van der Waals surface area contributed by atoms with Crippen LogP contribution in [0.15, 0.2) is 18.2 Å². The predicted octanol–water partition coefficient (Wildman–Crippen LogP) is 1.91. The number of hydrogen-bond donors (Lipinski definition) is 2. The summed E-state index contributed by atoms with van der Waals surface area (Å²) in [6.07, 6.45) is 3.39. The number of aryl methyl sites for hydroxylation is 1. The van der Waals surface area contributed by atoms with Crippen molar-refractivity contribution in [2.45, 2.75) is 31.7 Å². The van der Waals surface area contributed by atoms with Gasteiger partial charge in [-0.15, -0.1) is 12.4 Å². The number of methoxy groups -OCH3 is 2. The minimum atomic E-state index is 0. The topological polar surface area (TPSA) is 73.6 Å². The van der Waals surface area contributed by atoms with E-state index >= 15 is 0 Å². The highest BCUT2D eigenvalue weighted by Gasteiger charge is 2.31. The smallest absolute Gasteiger partial charge is 0.220 e. The molecule has 0 bridgehead atoms. The van der Waals surface area contributed by atoms with Crippen LogP contribution in [-0.2, 0) is 11.2 Å². The normalized spacial score (nSPS) is 14.7. The highest BCUT2D eigenvalue weighted by Crippen LogP contribution is 2.32. The Labute approximate surface area is 138 Å². The first-order valence-electron chi connectivity index (χ1n) is 7.38. The molecule has 6 heteroatoms. The van der Waals surface area contributed by atoms with E-state index in [2.05, 4.69) is 5.32 Å². The maximum absolute atomic E-state index is 12.0. The Morgan fingerprint density at radius 3 is 2.64 bits per heavy atom. The van der Waals surface area contributed by atoms with Gasteiger partial charge in [0.25, 0.3) is 0 Å². The minimum Gasteiger partial charge on any atom is -0.497 e. The van der Waals surface area contributed by atoms with Crippen molar-refractivity contribution in [1.29, 1.82) is 0 Å². The second-order valence-corrected chi connectivity index (χ2v) is 5.42. The van der Waals surface area contributed by atoms with Crippen molar-refractivity contribution >= 4 is 18.3 Å². The minimum absolute atomic E-state index is 0. The Morgan fingerprint density at radius 1 is 1.36 bits per heavy atom. The fraction of sp³-hybridized carbons (Fsp3) is 0.562. The molecule has 0 aliphatic heterocycles. The van der Waals surface area contributed by atoms with Crippen molar-refractivity contribution in [2.75, 3.05) is 20.8 Å². The summed E-state index contributed by atoms with van der Waals surface area (Å²) in [6, 6.07) is 5.75. The highest BCUT2D eigenvalue weighted by atomic mass is 35.5. The van der Waals surface area contributed by atoms with Crippen LogP contribution in [0.25, 0.3) is 0 Å². The molecule has 1 atom stereocenters. The first-order valence-corrected chi connectivity index (χ1v) is 7.38. The van der Waals surface area contributed by atoms with E-state index in [1.807, 2.05) is 18.2 Å². The zero-order chi connectivity index (χ0) is 15.2. The van der Waals surface area contributed by atoms with E-state index in [-0.39, 0.29) is 24.4 Å². The number of hydrogen-bond acceptors (Lipinski definition) is 4. The molecule has 1 aromatic rings. The fourth-order valence-corrected chi connectivity index (χ4v) is 2.47. The molecule has 1 amide bonds. The van der Waals surface area contributed by atoms with Crippen molar-refractivity contribution in [3.05, 3.63) is 23.8 Å². The SMILES string of the molecule is COc1ccc(OC)c(CCC(=O)NC(CN)C2CC2)c1.Cl. The Hall–Kier alpha value is -1.46. The molecule has 1 aromatic carbocycles. The van der Waals surface area contributed by atoms with Crippen LogP contribution in [0, 0.1) is 5.92 Å². The molecular weight excluding hydrogens is 304 g/mol. The molecule has 0 radical (unpaired) electrons. The van der Waals surface area contributed by atoms with Gasteiger partial charge in [0, 0.05) is 19.0 Å². The molecule has 0 aromatic heterocycles. The van der Waals surface area contributed by atoms with E-state index in [0.717, 1.165) is 17.1 Å². The summed E-state index contributed by atoms with van der Waals surface area (Å²) in [5.74, 6) is 2.16. The van der Waals surface area contributed by atoms with Crippen LogP contribution in [0.4, 0.5) is 0 Å². The average molecular weight is 329 g/mol. The molecule has 1 unspecified atom stereocenters. The van der Waals surface area contributed by atoms with Crippen molar-refractivity contribution in [2.24, 2.45) is 11.7 Å². The lowest BCUT2D eigenvalue weighted by molar-refractivity contribution is -0.121. The molecule has 1 saturated carbocycles. The summed E-state index contributed by atoms with van der Waals surface area (Å²) in [4.78, 5) is 12.0. The maximum atomic E-state index is 12.0. The van der Waals surface area contributed by atoms with Gasteiger partial charge in [-0.2, -0.15) is 0 Å². The van der Waals surface area contributed by atoms with Crippen LogP contribution in [0.1, 0.15) is 24.8 Å². The maximum Gasteiger partial charge on any atom is 0.220 e. The molecule has 124 valence electrons. The van der Waals surface area contributed by atoms with Crippen LogP contribution in [0.3, 0.4) is 0 Å².